The monoisotopic (exact) mass is 573 g/mol. The van der Waals surface area contributed by atoms with E-state index in [1.54, 1.807) is 9.91 Å². The number of rotatable bonds is 7. The minimum Gasteiger partial charge on any atom is -0.489 e. The van der Waals surface area contributed by atoms with Crippen molar-refractivity contribution in [3.8, 4) is 5.75 Å². The number of benzene rings is 3. The summed E-state index contributed by atoms with van der Waals surface area (Å²) in [5, 5.41) is 14.6. The molecule has 3 heterocycles. The Balaban J connectivity index is 1.17. The lowest BCUT2D eigenvalue weighted by Crippen LogP contribution is -2.40. The van der Waals surface area contributed by atoms with E-state index in [0.29, 0.717) is 67.1 Å². The Morgan fingerprint density at radius 3 is 2.63 bits per heavy atom. The number of carbonyl (C=O) groups is 1. The number of fused-ring (bicyclic) bond motifs is 1. The number of aliphatic hydroxyl groups is 1. The van der Waals surface area contributed by atoms with Gasteiger partial charge in [0.25, 0.3) is 5.91 Å². The first-order chi connectivity index (χ1) is 19.9. The number of nitrogens with two attached hydrogens (primary N) is 1. The summed E-state index contributed by atoms with van der Waals surface area (Å²) in [5.74, 6) is 1.17. The third-order valence-corrected chi connectivity index (χ3v) is 7.79. The quantitative estimate of drug-likeness (QED) is 0.259. The van der Waals surface area contributed by atoms with Crippen LogP contribution in [0.5, 0.6) is 5.75 Å². The van der Waals surface area contributed by atoms with Crippen LogP contribution in [0, 0.1) is 6.92 Å². The lowest BCUT2D eigenvalue weighted by atomic mass is 10.1. The van der Waals surface area contributed by atoms with E-state index in [2.05, 4.69) is 10.4 Å². The molecule has 41 heavy (non-hydrogen) atoms. The molecule has 1 unspecified atom stereocenters. The lowest BCUT2D eigenvalue weighted by molar-refractivity contribution is 0.0303. The normalized spacial score (nSPS) is 16.5. The topological polar surface area (TPSA) is 116 Å². The summed E-state index contributed by atoms with van der Waals surface area (Å²) in [4.78, 5) is 18.0. The fourth-order valence-electron chi connectivity index (χ4n) is 5.22. The summed E-state index contributed by atoms with van der Waals surface area (Å²) in [6, 6.07) is 20.8. The van der Waals surface area contributed by atoms with Crippen molar-refractivity contribution in [1.82, 2.24) is 15.3 Å². The second-order valence-electron chi connectivity index (χ2n) is 10.3. The Kier molecular flexibility index (Phi) is 7.59. The number of anilines is 1. The Labute approximate surface area is 243 Å². The SMILES string of the molecule is Cc1cc(OCc2ccc(Cl)cc2)ccc1N1NCC(C(O)c2cc3cc(C(=O)N4CCOCC4)ccc3[nH]2)=C1N. The number of hydrogen-bond donors (Lipinski definition) is 4. The van der Waals surface area contributed by atoms with Crippen LogP contribution in [0.2, 0.25) is 5.02 Å². The van der Waals surface area contributed by atoms with Crippen molar-refractivity contribution < 1.29 is 19.4 Å². The van der Waals surface area contributed by atoms with Crippen molar-refractivity contribution in [3.05, 3.63) is 106 Å². The van der Waals surface area contributed by atoms with E-state index in [1.807, 2.05) is 73.7 Å². The fourth-order valence-corrected chi connectivity index (χ4v) is 5.35. The highest BCUT2D eigenvalue weighted by Gasteiger charge is 2.29. The van der Waals surface area contributed by atoms with E-state index < -0.39 is 6.10 Å². The zero-order chi connectivity index (χ0) is 28.5. The first-order valence-electron chi connectivity index (χ1n) is 13.5. The lowest BCUT2D eigenvalue weighted by Gasteiger charge is -2.26. The van der Waals surface area contributed by atoms with Crippen molar-refractivity contribution in [3.63, 3.8) is 0 Å². The first-order valence-corrected chi connectivity index (χ1v) is 13.9. The predicted octanol–water partition coefficient (Wildman–Crippen LogP) is 4.41. The third kappa shape index (κ3) is 5.62. The van der Waals surface area contributed by atoms with Crippen molar-refractivity contribution in [1.29, 1.82) is 0 Å². The average Bonchev–Trinajstić information content (AvgIpc) is 3.60. The van der Waals surface area contributed by atoms with Crippen LogP contribution in [0.1, 0.15) is 33.3 Å². The Hall–Kier alpha value is -4.02. The number of hydrogen-bond acceptors (Lipinski definition) is 7. The molecule has 0 saturated carbocycles. The number of halogens is 1. The maximum atomic E-state index is 12.9. The van der Waals surface area contributed by atoms with Crippen LogP contribution < -0.4 is 20.9 Å². The molecular formula is C31H32ClN5O4. The summed E-state index contributed by atoms with van der Waals surface area (Å²) in [7, 11) is 0. The van der Waals surface area contributed by atoms with Crippen LogP contribution >= 0.6 is 11.6 Å². The largest absolute Gasteiger partial charge is 0.489 e. The van der Waals surface area contributed by atoms with Crippen molar-refractivity contribution in [2.45, 2.75) is 19.6 Å². The van der Waals surface area contributed by atoms with Crippen molar-refractivity contribution in [2.24, 2.45) is 5.73 Å². The smallest absolute Gasteiger partial charge is 0.254 e. The Morgan fingerprint density at radius 2 is 1.88 bits per heavy atom. The number of carbonyl (C=O) groups excluding carboxylic acids is 1. The number of amides is 1. The molecule has 1 saturated heterocycles. The molecule has 6 rings (SSSR count). The molecule has 2 aliphatic heterocycles. The van der Waals surface area contributed by atoms with Gasteiger partial charge in [-0.25, -0.2) is 5.43 Å². The molecule has 2 aliphatic rings. The van der Waals surface area contributed by atoms with Gasteiger partial charge in [0.1, 0.15) is 24.3 Å². The molecule has 10 heteroatoms. The third-order valence-electron chi connectivity index (χ3n) is 7.54. The van der Waals surface area contributed by atoms with E-state index in [-0.39, 0.29) is 5.91 Å². The Morgan fingerprint density at radius 1 is 1.10 bits per heavy atom. The number of morpholine rings is 1. The minimum atomic E-state index is -0.944. The molecule has 1 atom stereocenters. The van der Waals surface area contributed by atoms with Gasteiger partial charge in [0.15, 0.2) is 0 Å². The van der Waals surface area contributed by atoms with E-state index in [9.17, 15) is 9.90 Å². The molecule has 212 valence electrons. The van der Waals surface area contributed by atoms with Crippen LogP contribution in [-0.2, 0) is 11.3 Å². The highest BCUT2D eigenvalue weighted by atomic mass is 35.5. The van der Waals surface area contributed by atoms with Crippen molar-refractivity contribution >= 4 is 34.1 Å². The molecule has 0 bridgehead atoms. The van der Waals surface area contributed by atoms with Gasteiger partial charge >= 0.3 is 0 Å². The molecule has 1 fully saturated rings. The van der Waals surface area contributed by atoms with Gasteiger partial charge in [0.05, 0.1) is 18.9 Å². The molecule has 4 aromatic rings. The summed E-state index contributed by atoms with van der Waals surface area (Å²) >= 11 is 5.97. The van der Waals surface area contributed by atoms with Gasteiger partial charge in [-0.15, -0.1) is 0 Å². The zero-order valence-corrected chi connectivity index (χ0v) is 23.4. The van der Waals surface area contributed by atoms with Crippen LogP contribution in [0.3, 0.4) is 0 Å². The molecule has 1 aromatic heterocycles. The molecule has 1 amide bonds. The van der Waals surface area contributed by atoms with Gasteiger partial charge in [0, 0.05) is 52.4 Å². The molecule has 0 aliphatic carbocycles. The van der Waals surface area contributed by atoms with Gasteiger partial charge in [-0.05, 0) is 72.6 Å². The Bertz CT molecular complexity index is 1610. The second kappa shape index (κ2) is 11.5. The van der Waals surface area contributed by atoms with Gasteiger partial charge in [-0.1, -0.05) is 23.7 Å². The zero-order valence-electron chi connectivity index (χ0n) is 22.7. The number of nitrogens with one attached hydrogen (secondary N) is 2. The van der Waals surface area contributed by atoms with E-state index >= 15 is 0 Å². The molecule has 9 nitrogen and oxygen atoms in total. The number of aromatic nitrogens is 1. The van der Waals surface area contributed by atoms with Crippen LogP contribution in [-0.4, -0.2) is 53.7 Å². The molecule has 0 spiro atoms. The van der Waals surface area contributed by atoms with Gasteiger partial charge in [-0.2, -0.15) is 0 Å². The number of H-pyrrole nitrogens is 1. The van der Waals surface area contributed by atoms with E-state index in [0.717, 1.165) is 33.5 Å². The van der Waals surface area contributed by atoms with Gasteiger partial charge < -0.3 is 30.2 Å². The highest BCUT2D eigenvalue weighted by molar-refractivity contribution is 6.30. The summed E-state index contributed by atoms with van der Waals surface area (Å²) < 4.78 is 11.3. The molecular weight excluding hydrogens is 542 g/mol. The summed E-state index contributed by atoms with van der Waals surface area (Å²) in [5.41, 5.74) is 15.4. The van der Waals surface area contributed by atoms with Crippen LogP contribution in [0.25, 0.3) is 10.9 Å². The highest BCUT2D eigenvalue weighted by Crippen LogP contribution is 2.33. The fraction of sp³-hybridized carbons (Fsp3) is 0.258. The number of aromatic amines is 1. The number of aryl methyl sites for hydroxylation is 1. The average molecular weight is 574 g/mol. The maximum Gasteiger partial charge on any atom is 0.254 e. The molecule has 5 N–H and O–H groups in total. The number of hydrazine groups is 1. The number of ether oxygens (including phenoxy) is 2. The number of aliphatic hydroxyl groups excluding tert-OH is 1. The maximum absolute atomic E-state index is 12.9. The first kappa shape index (κ1) is 27.2. The summed E-state index contributed by atoms with van der Waals surface area (Å²) in [6.07, 6.45) is -0.944. The second-order valence-corrected chi connectivity index (χ2v) is 10.7. The van der Waals surface area contributed by atoms with Crippen LogP contribution in [0.15, 0.2) is 78.1 Å². The van der Waals surface area contributed by atoms with Crippen LogP contribution in [0.4, 0.5) is 5.69 Å². The minimum absolute atomic E-state index is 0.0159. The molecule has 0 radical (unpaired) electrons. The van der Waals surface area contributed by atoms with E-state index in [4.69, 9.17) is 26.8 Å². The van der Waals surface area contributed by atoms with Gasteiger partial charge in [0.2, 0.25) is 0 Å². The molecule has 3 aromatic carbocycles. The summed E-state index contributed by atoms with van der Waals surface area (Å²) in [6.45, 7) is 5.09. The predicted molar refractivity (Wildman–Crippen MR) is 159 cm³/mol. The number of nitrogens with zero attached hydrogens (tertiary/aromatic N) is 2. The van der Waals surface area contributed by atoms with Gasteiger partial charge in [-0.3, -0.25) is 9.80 Å². The van der Waals surface area contributed by atoms with Crippen molar-refractivity contribution in [2.75, 3.05) is 37.9 Å². The van der Waals surface area contributed by atoms with E-state index in [1.165, 1.54) is 0 Å². The standard InChI is InChI=1S/C31H32ClN5O4/c1-19-14-24(41-18-20-2-5-23(32)6-3-20)7-9-28(19)37-30(33)25(17-34-37)29(38)27-16-22-15-21(4-8-26(22)35-27)31(39)36-10-12-40-13-11-36/h2-9,14-16,29,34-35,38H,10-13,17-18,33H2,1H3.